The Balaban J connectivity index is 1.32. The minimum Gasteiger partial charge on any atom is -0.361 e. The highest BCUT2D eigenvalue weighted by Crippen LogP contribution is 2.30. The molecule has 3 amide bonds. The molecule has 0 saturated heterocycles. The van der Waals surface area contributed by atoms with Crippen LogP contribution in [0.1, 0.15) is 40.0 Å². The van der Waals surface area contributed by atoms with E-state index in [9.17, 15) is 24.5 Å². The Kier molecular flexibility index (Phi) is 8.42. The molecule has 0 fully saturated rings. The molecule has 0 radical (unpaired) electrons. The number of nitro benzene ring substituents is 1. The van der Waals surface area contributed by atoms with Crippen molar-refractivity contribution in [1.29, 1.82) is 0 Å². The summed E-state index contributed by atoms with van der Waals surface area (Å²) in [6.45, 7) is 1.46. The van der Waals surface area contributed by atoms with Crippen LogP contribution < -0.4 is 10.6 Å². The van der Waals surface area contributed by atoms with Gasteiger partial charge in [-0.3, -0.25) is 24.5 Å². The Hall–Kier alpha value is -5.25. The molecule has 214 valence electrons. The van der Waals surface area contributed by atoms with Crippen molar-refractivity contribution in [2.75, 3.05) is 32.0 Å². The van der Waals surface area contributed by atoms with Crippen molar-refractivity contribution in [3.8, 4) is 11.1 Å². The van der Waals surface area contributed by atoms with Crippen LogP contribution >= 0.6 is 0 Å². The molecule has 2 N–H and O–H groups in total. The molecule has 5 rings (SSSR count). The van der Waals surface area contributed by atoms with E-state index in [4.69, 9.17) is 0 Å². The molecule has 0 atom stereocenters. The Bertz CT molecular complexity index is 1580. The number of nitrogens with one attached hydrogen (secondary N) is 2. The standard InChI is InChI=1S/C32H31N5O5/c1-33-30(38)21-35-19-6-20-36(29-10-5-4-9-28(29)35)32(40)23-11-15-24(16-12-23)34-31(39)27-8-3-2-7-26(27)22-13-17-25(18-14-22)37(41)42/h2-4,7-9,11-18H,5-6,10,19-21H2,1H3,(H,33,38)(H,34,39). The number of benzene rings is 3. The summed E-state index contributed by atoms with van der Waals surface area (Å²) in [7, 11) is 1.62. The molecule has 42 heavy (non-hydrogen) atoms. The molecule has 0 unspecified atom stereocenters. The first-order valence-corrected chi connectivity index (χ1v) is 13.8. The monoisotopic (exact) mass is 565 g/mol. The fourth-order valence-electron chi connectivity index (χ4n) is 5.26. The van der Waals surface area contributed by atoms with Gasteiger partial charge in [-0.05, 0) is 78.9 Å². The van der Waals surface area contributed by atoms with E-state index in [1.54, 1.807) is 67.7 Å². The summed E-state index contributed by atoms with van der Waals surface area (Å²) in [6.07, 6.45) is 6.33. The van der Waals surface area contributed by atoms with E-state index in [1.165, 1.54) is 12.1 Å². The second-order valence-corrected chi connectivity index (χ2v) is 10.1. The predicted molar refractivity (Wildman–Crippen MR) is 160 cm³/mol. The molecule has 0 aromatic heterocycles. The molecule has 10 nitrogen and oxygen atoms in total. The van der Waals surface area contributed by atoms with Gasteiger partial charge in [-0.25, -0.2) is 0 Å². The minimum atomic E-state index is -0.464. The summed E-state index contributed by atoms with van der Waals surface area (Å²) in [4.78, 5) is 53.4. The van der Waals surface area contributed by atoms with Crippen molar-refractivity contribution in [2.45, 2.75) is 19.3 Å². The molecule has 10 heteroatoms. The van der Waals surface area contributed by atoms with Crippen molar-refractivity contribution in [1.82, 2.24) is 15.1 Å². The maximum absolute atomic E-state index is 13.7. The van der Waals surface area contributed by atoms with Crippen LogP contribution in [0.15, 0.2) is 96.3 Å². The van der Waals surface area contributed by atoms with Crippen molar-refractivity contribution < 1.29 is 19.3 Å². The van der Waals surface area contributed by atoms with Gasteiger partial charge >= 0.3 is 0 Å². The van der Waals surface area contributed by atoms with Crippen LogP contribution in [0.5, 0.6) is 0 Å². The van der Waals surface area contributed by atoms with Crippen LogP contribution in [0, 0.1) is 10.1 Å². The first-order chi connectivity index (χ1) is 20.4. The Morgan fingerprint density at radius 3 is 2.40 bits per heavy atom. The molecule has 0 spiro atoms. The van der Waals surface area contributed by atoms with Crippen molar-refractivity contribution in [3.63, 3.8) is 0 Å². The average Bonchev–Trinajstić information content (AvgIpc) is 3.20. The quantitative estimate of drug-likeness (QED) is 0.308. The Morgan fingerprint density at radius 1 is 0.952 bits per heavy atom. The van der Waals surface area contributed by atoms with E-state index < -0.39 is 4.92 Å². The molecule has 3 aromatic carbocycles. The van der Waals surface area contributed by atoms with Crippen molar-refractivity contribution in [3.05, 3.63) is 118 Å². The van der Waals surface area contributed by atoms with Gasteiger partial charge in [0, 0.05) is 54.8 Å². The van der Waals surface area contributed by atoms with Crippen LogP contribution in [0.3, 0.4) is 0 Å². The third kappa shape index (κ3) is 6.07. The molecule has 2 aliphatic rings. The molecule has 0 saturated carbocycles. The molecular formula is C32H31N5O5. The third-order valence-electron chi connectivity index (χ3n) is 7.40. The lowest BCUT2D eigenvalue weighted by molar-refractivity contribution is -0.384. The maximum atomic E-state index is 13.7. The molecule has 1 aliphatic heterocycles. The van der Waals surface area contributed by atoms with E-state index in [0.717, 1.165) is 24.2 Å². The number of hydrogen-bond acceptors (Lipinski definition) is 6. The second-order valence-electron chi connectivity index (χ2n) is 10.1. The first kappa shape index (κ1) is 28.3. The summed E-state index contributed by atoms with van der Waals surface area (Å²) in [5.74, 6) is -0.537. The molecule has 1 aliphatic carbocycles. The Labute approximate surface area is 243 Å². The number of nitro groups is 1. The van der Waals surface area contributed by atoms with Gasteiger partial charge in [-0.15, -0.1) is 0 Å². The van der Waals surface area contributed by atoms with E-state index in [0.29, 0.717) is 47.5 Å². The molecular weight excluding hydrogens is 534 g/mol. The van der Waals surface area contributed by atoms with E-state index in [1.807, 2.05) is 15.9 Å². The highest BCUT2D eigenvalue weighted by molar-refractivity contribution is 6.09. The van der Waals surface area contributed by atoms with Crippen molar-refractivity contribution in [2.24, 2.45) is 0 Å². The summed E-state index contributed by atoms with van der Waals surface area (Å²) in [5, 5.41) is 16.6. The maximum Gasteiger partial charge on any atom is 0.269 e. The minimum absolute atomic E-state index is 0.0239. The number of nitrogens with zero attached hydrogens (tertiary/aromatic N) is 3. The zero-order valence-corrected chi connectivity index (χ0v) is 23.2. The number of anilines is 1. The number of carbonyl (C=O) groups is 3. The van der Waals surface area contributed by atoms with E-state index in [-0.39, 0.29) is 30.0 Å². The lowest BCUT2D eigenvalue weighted by Crippen LogP contribution is -2.36. The van der Waals surface area contributed by atoms with Crippen LogP contribution in [0.25, 0.3) is 11.1 Å². The molecule has 1 heterocycles. The SMILES string of the molecule is CNC(=O)CN1CCCN(C(=O)c2ccc(NC(=O)c3ccccc3-c3ccc([N+](=O)[O-])cc3)cc2)C2=C1C=CCC2. The average molecular weight is 566 g/mol. The number of hydrogen-bond donors (Lipinski definition) is 2. The number of allylic oxidation sites excluding steroid dienone is 3. The first-order valence-electron chi connectivity index (χ1n) is 13.8. The topological polar surface area (TPSA) is 125 Å². The van der Waals surface area contributed by atoms with Gasteiger partial charge in [0.25, 0.3) is 17.5 Å². The summed E-state index contributed by atoms with van der Waals surface area (Å²) < 4.78 is 0. The molecule has 0 bridgehead atoms. The van der Waals surface area contributed by atoms with E-state index >= 15 is 0 Å². The zero-order valence-electron chi connectivity index (χ0n) is 23.2. The lowest BCUT2D eigenvalue weighted by atomic mass is 9.99. The van der Waals surface area contributed by atoms with Gasteiger partial charge in [0.1, 0.15) is 0 Å². The summed E-state index contributed by atoms with van der Waals surface area (Å²) >= 11 is 0. The van der Waals surface area contributed by atoms with Crippen LogP contribution in [-0.2, 0) is 4.79 Å². The van der Waals surface area contributed by atoms with Crippen molar-refractivity contribution >= 4 is 29.1 Å². The van der Waals surface area contributed by atoms with Gasteiger partial charge in [-0.2, -0.15) is 0 Å². The normalized spacial score (nSPS) is 14.6. The van der Waals surface area contributed by atoms with Crippen LogP contribution in [0.4, 0.5) is 11.4 Å². The van der Waals surface area contributed by atoms with Crippen LogP contribution in [-0.4, -0.2) is 59.1 Å². The third-order valence-corrected chi connectivity index (χ3v) is 7.40. The summed E-state index contributed by atoms with van der Waals surface area (Å²) in [5.41, 5.74) is 4.59. The highest BCUT2D eigenvalue weighted by atomic mass is 16.6. The number of likely N-dealkylation sites (N-methyl/N-ethyl adjacent to an activating group) is 1. The lowest BCUT2D eigenvalue weighted by Gasteiger charge is -2.30. The number of amides is 3. The second kappa shape index (κ2) is 12.5. The fourth-order valence-corrected chi connectivity index (χ4v) is 5.26. The van der Waals surface area contributed by atoms with Gasteiger partial charge in [-0.1, -0.05) is 24.3 Å². The number of rotatable bonds is 7. The van der Waals surface area contributed by atoms with E-state index in [2.05, 4.69) is 16.7 Å². The smallest absolute Gasteiger partial charge is 0.269 e. The summed E-state index contributed by atoms with van der Waals surface area (Å²) in [6, 6.07) is 19.9. The number of non-ortho nitro benzene ring substituents is 1. The van der Waals surface area contributed by atoms with Gasteiger partial charge in [0.15, 0.2) is 0 Å². The van der Waals surface area contributed by atoms with Gasteiger partial charge in [0.05, 0.1) is 17.2 Å². The largest absolute Gasteiger partial charge is 0.361 e. The van der Waals surface area contributed by atoms with Crippen LogP contribution in [0.2, 0.25) is 0 Å². The van der Waals surface area contributed by atoms with Gasteiger partial charge < -0.3 is 20.4 Å². The number of carbonyl (C=O) groups excluding carboxylic acids is 3. The Morgan fingerprint density at radius 2 is 1.69 bits per heavy atom. The zero-order chi connectivity index (χ0) is 29.6. The highest BCUT2D eigenvalue weighted by Gasteiger charge is 2.29. The molecule has 3 aromatic rings. The van der Waals surface area contributed by atoms with Gasteiger partial charge in [0.2, 0.25) is 5.91 Å². The predicted octanol–water partition coefficient (Wildman–Crippen LogP) is 4.97. The fraction of sp³-hybridized carbons (Fsp3) is 0.219.